The molecule has 22 heavy (non-hydrogen) atoms. The van der Waals surface area contributed by atoms with Gasteiger partial charge in [0.05, 0.1) is 11.5 Å². The average molecular weight is 326 g/mol. The third-order valence-corrected chi connectivity index (χ3v) is 5.87. The molecule has 0 amide bonds. The number of benzene rings is 1. The van der Waals surface area contributed by atoms with Gasteiger partial charge in [0.15, 0.2) is 0 Å². The lowest BCUT2D eigenvalue weighted by molar-refractivity contribution is 0.151. The van der Waals surface area contributed by atoms with Gasteiger partial charge in [-0.05, 0) is 30.0 Å². The molecular weight excluding hydrogens is 300 g/mol. The van der Waals surface area contributed by atoms with Crippen molar-refractivity contribution in [2.24, 2.45) is 5.92 Å². The molecule has 1 heterocycles. The van der Waals surface area contributed by atoms with Crippen molar-refractivity contribution in [1.82, 2.24) is 9.21 Å². The fraction of sp³-hybridized carbons (Fsp3) is 0.625. The van der Waals surface area contributed by atoms with E-state index < -0.39 is 10.0 Å². The molecule has 0 radical (unpaired) electrons. The maximum Gasteiger partial charge on any atom is 0.243 e. The molecule has 1 aromatic carbocycles. The lowest BCUT2D eigenvalue weighted by Gasteiger charge is -2.33. The van der Waals surface area contributed by atoms with Crippen LogP contribution in [-0.2, 0) is 16.4 Å². The Bertz CT molecular complexity index is 562. The molecule has 124 valence electrons. The minimum absolute atomic E-state index is 0.115. The van der Waals surface area contributed by atoms with E-state index in [0.717, 1.165) is 6.42 Å². The number of rotatable bonds is 6. The maximum atomic E-state index is 12.6. The van der Waals surface area contributed by atoms with Crippen LogP contribution >= 0.6 is 0 Å². The van der Waals surface area contributed by atoms with E-state index in [1.54, 1.807) is 16.4 Å². The zero-order valence-corrected chi connectivity index (χ0v) is 14.2. The minimum Gasteiger partial charge on any atom is -0.395 e. The van der Waals surface area contributed by atoms with Gasteiger partial charge in [0.1, 0.15) is 0 Å². The Labute approximate surface area is 133 Å². The standard InChI is InChI=1S/C16H26N2O3S/c1-14(2)13-15-3-5-16(6-4-15)22(20,21)18-9-7-17(8-10-18)11-12-19/h3-6,14,19H,7-13H2,1-2H3. The van der Waals surface area contributed by atoms with Crippen molar-refractivity contribution in [3.05, 3.63) is 29.8 Å². The van der Waals surface area contributed by atoms with Crippen LogP contribution in [0, 0.1) is 5.92 Å². The molecular formula is C16H26N2O3S. The van der Waals surface area contributed by atoms with Gasteiger partial charge in [0.2, 0.25) is 10.0 Å². The number of nitrogens with zero attached hydrogens (tertiary/aromatic N) is 2. The van der Waals surface area contributed by atoms with Crippen LogP contribution in [0.4, 0.5) is 0 Å². The van der Waals surface area contributed by atoms with Gasteiger partial charge in [-0.3, -0.25) is 4.90 Å². The second kappa shape index (κ2) is 7.55. The monoisotopic (exact) mass is 326 g/mol. The first kappa shape index (κ1) is 17.4. The van der Waals surface area contributed by atoms with Gasteiger partial charge >= 0.3 is 0 Å². The number of aliphatic hydroxyl groups is 1. The van der Waals surface area contributed by atoms with Gasteiger partial charge < -0.3 is 5.11 Å². The zero-order chi connectivity index (χ0) is 16.2. The number of hydrogen-bond acceptors (Lipinski definition) is 4. The Morgan fingerprint density at radius 3 is 2.18 bits per heavy atom. The summed E-state index contributed by atoms with van der Waals surface area (Å²) < 4.78 is 26.8. The Hall–Kier alpha value is -0.950. The van der Waals surface area contributed by atoms with E-state index in [1.165, 1.54) is 5.56 Å². The van der Waals surface area contributed by atoms with E-state index in [9.17, 15) is 8.42 Å². The Morgan fingerprint density at radius 2 is 1.68 bits per heavy atom. The van der Waals surface area contributed by atoms with Crippen LogP contribution in [0.3, 0.4) is 0 Å². The van der Waals surface area contributed by atoms with Gasteiger partial charge in [-0.2, -0.15) is 4.31 Å². The predicted octanol–water partition coefficient (Wildman–Crippen LogP) is 1.18. The van der Waals surface area contributed by atoms with E-state index in [1.807, 2.05) is 12.1 Å². The summed E-state index contributed by atoms with van der Waals surface area (Å²) in [6.45, 7) is 7.33. The maximum absolute atomic E-state index is 12.6. The van der Waals surface area contributed by atoms with Gasteiger partial charge in [-0.15, -0.1) is 0 Å². The van der Waals surface area contributed by atoms with E-state index in [2.05, 4.69) is 18.7 Å². The molecule has 0 bridgehead atoms. The van der Waals surface area contributed by atoms with Crippen LogP contribution in [0.15, 0.2) is 29.2 Å². The average Bonchev–Trinajstić information content (AvgIpc) is 2.48. The van der Waals surface area contributed by atoms with Crippen molar-refractivity contribution in [1.29, 1.82) is 0 Å². The van der Waals surface area contributed by atoms with Crippen molar-refractivity contribution >= 4 is 10.0 Å². The molecule has 5 nitrogen and oxygen atoms in total. The largest absolute Gasteiger partial charge is 0.395 e. The molecule has 1 aromatic rings. The quantitative estimate of drug-likeness (QED) is 0.853. The van der Waals surface area contributed by atoms with Crippen molar-refractivity contribution in [2.75, 3.05) is 39.3 Å². The van der Waals surface area contributed by atoms with Gasteiger partial charge in [-0.25, -0.2) is 8.42 Å². The van der Waals surface area contributed by atoms with Crippen molar-refractivity contribution < 1.29 is 13.5 Å². The number of piperazine rings is 1. The van der Waals surface area contributed by atoms with Crippen molar-refractivity contribution in [3.8, 4) is 0 Å². The van der Waals surface area contributed by atoms with Crippen LogP contribution in [0.1, 0.15) is 19.4 Å². The number of sulfonamides is 1. The smallest absolute Gasteiger partial charge is 0.243 e. The third kappa shape index (κ3) is 4.29. The molecule has 0 aliphatic carbocycles. The predicted molar refractivity (Wildman–Crippen MR) is 87.3 cm³/mol. The zero-order valence-electron chi connectivity index (χ0n) is 13.4. The third-order valence-electron chi connectivity index (χ3n) is 3.95. The highest BCUT2D eigenvalue weighted by atomic mass is 32.2. The van der Waals surface area contributed by atoms with Crippen LogP contribution in [0.5, 0.6) is 0 Å². The van der Waals surface area contributed by atoms with E-state index in [-0.39, 0.29) is 6.61 Å². The van der Waals surface area contributed by atoms with E-state index in [4.69, 9.17) is 5.11 Å². The number of hydrogen-bond donors (Lipinski definition) is 1. The number of β-amino-alcohol motifs (C(OH)–C–C–N with tert-alkyl or cyclic N) is 1. The highest BCUT2D eigenvalue weighted by Gasteiger charge is 2.28. The first-order chi connectivity index (χ1) is 10.4. The molecule has 6 heteroatoms. The van der Waals surface area contributed by atoms with Crippen LogP contribution in [0.25, 0.3) is 0 Å². The van der Waals surface area contributed by atoms with E-state index >= 15 is 0 Å². The highest BCUT2D eigenvalue weighted by molar-refractivity contribution is 7.89. The van der Waals surface area contributed by atoms with Crippen LogP contribution < -0.4 is 0 Å². The van der Waals surface area contributed by atoms with Gasteiger partial charge in [0.25, 0.3) is 0 Å². The molecule has 2 rings (SSSR count). The lowest BCUT2D eigenvalue weighted by Crippen LogP contribution is -2.49. The molecule has 0 saturated carbocycles. The first-order valence-electron chi connectivity index (χ1n) is 7.86. The van der Waals surface area contributed by atoms with E-state index in [0.29, 0.717) is 43.5 Å². The Morgan fingerprint density at radius 1 is 1.09 bits per heavy atom. The Kier molecular flexibility index (Phi) is 5.97. The molecule has 0 unspecified atom stereocenters. The molecule has 1 fully saturated rings. The molecule has 1 aliphatic heterocycles. The van der Waals surface area contributed by atoms with Gasteiger partial charge in [-0.1, -0.05) is 26.0 Å². The molecule has 1 aliphatic rings. The summed E-state index contributed by atoms with van der Waals surface area (Å²) in [5.74, 6) is 0.557. The topological polar surface area (TPSA) is 60.9 Å². The molecule has 0 atom stereocenters. The summed E-state index contributed by atoms with van der Waals surface area (Å²) in [5.41, 5.74) is 1.17. The van der Waals surface area contributed by atoms with Gasteiger partial charge in [0, 0.05) is 32.7 Å². The van der Waals surface area contributed by atoms with Crippen molar-refractivity contribution in [2.45, 2.75) is 25.2 Å². The minimum atomic E-state index is -3.40. The summed E-state index contributed by atoms with van der Waals surface area (Å²) in [6, 6.07) is 7.25. The molecule has 0 spiro atoms. The van der Waals surface area contributed by atoms with Crippen molar-refractivity contribution in [3.63, 3.8) is 0 Å². The van der Waals surface area contributed by atoms with Crippen LogP contribution in [0.2, 0.25) is 0 Å². The lowest BCUT2D eigenvalue weighted by atomic mass is 10.0. The second-order valence-electron chi connectivity index (χ2n) is 6.21. The number of aliphatic hydroxyl groups excluding tert-OH is 1. The Balaban J connectivity index is 2.04. The highest BCUT2D eigenvalue weighted by Crippen LogP contribution is 2.19. The fourth-order valence-corrected chi connectivity index (χ4v) is 4.18. The summed E-state index contributed by atoms with van der Waals surface area (Å²) >= 11 is 0. The second-order valence-corrected chi connectivity index (χ2v) is 8.15. The first-order valence-corrected chi connectivity index (χ1v) is 9.30. The fourth-order valence-electron chi connectivity index (χ4n) is 2.75. The normalized spacial score (nSPS) is 18.0. The van der Waals surface area contributed by atoms with Crippen LogP contribution in [-0.4, -0.2) is 62.1 Å². The summed E-state index contributed by atoms with van der Waals surface area (Å²) in [6.07, 6.45) is 0.958. The molecule has 1 saturated heterocycles. The summed E-state index contributed by atoms with van der Waals surface area (Å²) in [5, 5.41) is 8.94. The molecule has 0 aromatic heterocycles. The SMILES string of the molecule is CC(C)Cc1ccc(S(=O)(=O)N2CCN(CCO)CC2)cc1. The summed E-state index contributed by atoms with van der Waals surface area (Å²) in [7, 11) is -3.40. The molecule has 1 N–H and O–H groups in total. The summed E-state index contributed by atoms with van der Waals surface area (Å²) in [4.78, 5) is 2.45.